The predicted octanol–water partition coefficient (Wildman–Crippen LogP) is 4.15. The molecule has 1 amide bonds. The Kier molecular flexibility index (Phi) is 13.4. The first-order valence-electron chi connectivity index (χ1n) is 17.5. The molecule has 2 aromatic heterocycles. The maximum Gasteiger partial charge on any atom is 0.305 e. The van der Waals surface area contributed by atoms with Gasteiger partial charge in [-0.15, -0.1) is 0 Å². The molecule has 5 rings (SSSR count). The Bertz CT molecular complexity index is 1860. The van der Waals surface area contributed by atoms with Crippen molar-refractivity contribution in [3.05, 3.63) is 84.2 Å². The van der Waals surface area contributed by atoms with Crippen molar-refractivity contribution in [2.24, 2.45) is 0 Å². The number of ether oxygens (including phenoxy) is 5. The van der Waals surface area contributed by atoms with Crippen molar-refractivity contribution < 1.29 is 47.7 Å². The number of hydrogen-bond acceptors (Lipinski definition) is 13. The van der Waals surface area contributed by atoms with Gasteiger partial charge in [-0.25, -0.2) is 0 Å². The second-order valence-electron chi connectivity index (χ2n) is 12.9. The van der Waals surface area contributed by atoms with Gasteiger partial charge >= 0.3 is 23.9 Å². The van der Waals surface area contributed by atoms with Gasteiger partial charge in [0.2, 0.25) is 12.2 Å². The van der Waals surface area contributed by atoms with Crippen LogP contribution in [0.3, 0.4) is 0 Å². The molecule has 0 bridgehead atoms. The molecule has 1 aliphatic heterocycles. The Labute approximate surface area is 307 Å². The highest BCUT2D eigenvalue weighted by Crippen LogP contribution is 2.28. The van der Waals surface area contributed by atoms with E-state index in [2.05, 4.69) is 22.3 Å². The number of benzene rings is 2. The third-order valence-electron chi connectivity index (χ3n) is 8.52. The van der Waals surface area contributed by atoms with Gasteiger partial charge in [-0.05, 0) is 43.7 Å². The molecule has 3 heterocycles. The van der Waals surface area contributed by atoms with E-state index in [0.29, 0.717) is 32.5 Å². The summed E-state index contributed by atoms with van der Waals surface area (Å²) >= 11 is 0. The van der Waals surface area contributed by atoms with Crippen molar-refractivity contribution in [2.45, 2.75) is 90.7 Å². The molecular formula is C39H44N4O10. The molecule has 0 radical (unpaired) electrons. The van der Waals surface area contributed by atoms with Gasteiger partial charge in [-0.2, -0.15) is 0 Å². The number of fused-ring (bicyclic) bond motifs is 2. The number of para-hydroxylation sites is 2. The van der Waals surface area contributed by atoms with Crippen LogP contribution in [-0.2, 0) is 60.7 Å². The fourth-order valence-corrected chi connectivity index (χ4v) is 6.26. The van der Waals surface area contributed by atoms with E-state index in [1.807, 2.05) is 60.7 Å². The van der Waals surface area contributed by atoms with Crippen LogP contribution in [0, 0.1) is 0 Å². The molecule has 0 aliphatic carbocycles. The summed E-state index contributed by atoms with van der Waals surface area (Å²) in [5.41, 5.74) is 3.62. The number of rotatable bonds is 15. The summed E-state index contributed by atoms with van der Waals surface area (Å²) in [6.45, 7) is 5.97. The maximum atomic E-state index is 13.4. The quantitative estimate of drug-likeness (QED) is 0.105. The first-order valence-corrected chi connectivity index (χ1v) is 17.5. The van der Waals surface area contributed by atoms with Gasteiger partial charge < -0.3 is 29.0 Å². The van der Waals surface area contributed by atoms with Crippen LogP contribution < -0.4 is 5.32 Å². The SMILES string of the molecule is CC(=O)OC[C@H]1O[C@@H](OC(C)=O)[C@H](NC(=O)CCCCN(Cc2ccc3ccccc3n2)Cc2ccc3ccccc3n2)[C@@H](OC(C)=O)[C@@H]1OC(C)=O. The molecule has 14 nitrogen and oxygen atoms in total. The minimum Gasteiger partial charge on any atom is -0.463 e. The standard InChI is InChI=1S/C39H44N4O10/c1-24(44)49-23-34-37(50-25(2)45)38(51-26(3)46)36(39(53-34)52-27(4)47)42-35(48)15-9-10-20-43(21-30-18-16-28-11-5-7-13-32(28)40-30)22-31-19-17-29-12-6-8-14-33(29)41-31/h5-8,11-14,16-19,34,36-39H,9-10,15,20-23H2,1-4H3,(H,42,48)/t34-,36-,37-,38-,39-/m1/s1. The highest BCUT2D eigenvalue weighted by atomic mass is 16.7. The summed E-state index contributed by atoms with van der Waals surface area (Å²) < 4.78 is 27.3. The van der Waals surface area contributed by atoms with Crippen LogP contribution in [0.25, 0.3) is 21.8 Å². The zero-order valence-corrected chi connectivity index (χ0v) is 30.2. The zero-order valence-electron chi connectivity index (χ0n) is 30.2. The third-order valence-corrected chi connectivity index (χ3v) is 8.52. The molecule has 4 aromatic rings. The number of amides is 1. The van der Waals surface area contributed by atoms with E-state index in [4.69, 9.17) is 33.7 Å². The largest absolute Gasteiger partial charge is 0.463 e. The maximum absolute atomic E-state index is 13.4. The van der Waals surface area contributed by atoms with Crippen molar-refractivity contribution in [1.29, 1.82) is 0 Å². The Morgan fingerprint density at radius 2 is 1.23 bits per heavy atom. The Morgan fingerprint density at radius 1 is 0.679 bits per heavy atom. The lowest BCUT2D eigenvalue weighted by atomic mass is 9.95. The molecule has 0 saturated carbocycles. The van der Waals surface area contributed by atoms with E-state index in [1.54, 1.807) is 0 Å². The Morgan fingerprint density at radius 3 is 1.77 bits per heavy atom. The highest BCUT2D eigenvalue weighted by molar-refractivity contribution is 5.79. The van der Waals surface area contributed by atoms with Crippen LogP contribution in [0.4, 0.5) is 0 Å². The molecule has 0 unspecified atom stereocenters. The van der Waals surface area contributed by atoms with Crippen molar-refractivity contribution in [2.75, 3.05) is 13.2 Å². The van der Waals surface area contributed by atoms with Gasteiger partial charge in [0.25, 0.3) is 0 Å². The van der Waals surface area contributed by atoms with Crippen LogP contribution in [0.2, 0.25) is 0 Å². The van der Waals surface area contributed by atoms with E-state index in [1.165, 1.54) is 6.92 Å². The van der Waals surface area contributed by atoms with Gasteiger partial charge in [0.15, 0.2) is 12.2 Å². The lowest BCUT2D eigenvalue weighted by Gasteiger charge is -2.44. The van der Waals surface area contributed by atoms with E-state index in [0.717, 1.165) is 54.0 Å². The number of nitrogens with one attached hydrogen (secondary N) is 1. The second-order valence-corrected chi connectivity index (χ2v) is 12.9. The molecule has 280 valence electrons. The van der Waals surface area contributed by atoms with Gasteiger partial charge in [0.05, 0.1) is 22.4 Å². The summed E-state index contributed by atoms with van der Waals surface area (Å²) in [6, 6.07) is 22.8. The topological polar surface area (TPSA) is 173 Å². The van der Waals surface area contributed by atoms with E-state index in [-0.39, 0.29) is 6.42 Å². The van der Waals surface area contributed by atoms with Crippen LogP contribution in [-0.4, -0.2) is 88.4 Å². The molecule has 0 spiro atoms. The summed E-state index contributed by atoms with van der Waals surface area (Å²) in [4.78, 5) is 73.3. The molecule has 1 saturated heterocycles. The second kappa shape index (κ2) is 18.3. The fraction of sp³-hybridized carbons (Fsp3) is 0.410. The average Bonchev–Trinajstić information content (AvgIpc) is 3.11. The molecule has 1 fully saturated rings. The number of carbonyl (C=O) groups excluding carboxylic acids is 5. The van der Waals surface area contributed by atoms with Crippen molar-refractivity contribution in [3.8, 4) is 0 Å². The van der Waals surface area contributed by atoms with E-state index >= 15 is 0 Å². The smallest absolute Gasteiger partial charge is 0.305 e. The van der Waals surface area contributed by atoms with Gasteiger partial charge in [-0.1, -0.05) is 48.5 Å². The van der Waals surface area contributed by atoms with Crippen LogP contribution in [0.1, 0.15) is 58.3 Å². The van der Waals surface area contributed by atoms with Gasteiger partial charge in [0.1, 0.15) is 18.8 Å². The lowest BCUT2D eigenvalue weighted by molar-refractivity contribution is -0.271. The van der Waals surface area contributed by atoms with Crippen LogP contribution >= 0.6 is 0 Å². The number of aromatic nitrogens is 2. The Balaban J connectivity index is 1.27. The summed E-state index contributed by atoms with van der Waals surface area (Å²) in [7, 11) is 0. The number of unbranched alkanes of at least 4 members (excludes halogenated alkanes) is 1. The van der Waals surface area contributed by atoms with Crippen molar-refractivity contribution >= 4 is 51.6 Å². The predicted molar refractivity (Wildman–Crippen MR) is 192 cm³/mol. The minimum absolute atomic E-state index is 0.0709. The van der Waals surface area contributed by atoms with E-state index in [9.17, 15) is 24.0 Å². The molecule has 53 heavy (non-hydrogen) atoms. The Hall–Kier alpha value is -5.47. The van der Waals surface area contributed by atoms with Crippen molar-refractivity contribution in [3.63, 3.8) is 0 Å². The minimum atomic E-state index is -1.45. The zero-order chi connectivity index (χ0) is 37.9. The van der Waals surface area contributed by atoms with E-state index < -0.39 is 67.0 Å². The number of nitrogens with zero attached hydrogens (tertiary/aromatic N) is 3. The molecule has 14 heteroatoms. The van der Waals surface area contributed by atoms with Crippen LogP contribution in [0.5, 0.6) is 0 Å². The molecule has 1 aliphatic rings. The first-order chi connectivity index (χ1) is 25.4. The first kappa shape index (κ1) is 38.8. The fourth-order valence-electron chi connectivity index (χ4n) is 6.26. The molecular weight excluding hydrogens is 684 g/mol. The van der Waals surface area contributed by atoms with Crippen molar-refractivity contribution in [1.82, 2.24) is 20.2 Å². The van der Waals surface area contributed by atoms with Crippen LogP contribution in [0.15, 0.2) is 72.8 Å². The number of pyridine rings is 2. The van der Waals surface area contributed by atoms with Gasteiger partial charge in [0, 0.05) is 58.0 Å². The molecule has 5 atom stereocenters. The highest BCUT2D eigenvalue weighted by Gasteiger charge is 2.52. The summed E-state index contributed by atoms with van der Waals surface area (Å²) in [5.74, 6) is -3.30. The summed E-state index contributed by atoms with van der Waals surface area (Å²) in [5, 5.41) is 4.88. The number of carbonyl (C=O) groups is 5. The number of hydrogen-bond donors (Lipinski definition) is 1. The monoisotopic (exact) mass is 728 g/mol. The third kappa shape index (κ3) is 11.3. The molecule has 2 aromatic carbocycles. The average molecular weight is 729 g/mol. The lowest BCUT2D eigenvalue weighted by Crippen LogP contribution is -2.67. The molecule has 1 N–H and O–H groups in total. The summed E-state index contributed by atoms with van der Waals surface area (Å²) in [6.07, 6.45) is -4.08. The number of esters is 4. The van der Waals surface area contributed by atoms with Gasteiger partial charge in [-0.3, -0.25) is 38.8 Å². The normalized spacial score (nSPS) is 19.8.